The van der Waals surface area contributed by atoms with E-state index in [4.69, 9.17) is 0 Å². The smallest absolute Gasteiger partial charge is 0.202 e. The molecule has 0 fully saturated rings. The Kier molecular flexibility index (Phi) is 5.68. The Morgan fingerprint density at radius 3 is 2.76 bits per heavy atom. The molecule has 0 bridgehead atoms. The standard InChI is InChI=1S/C12H23N3OS/c1-10(2)9-15-7-6-13-12(15)14-11(3)5-8-17(4)16/h6-7,10-11H,5,8-9H2,1-4H3,(H,13,14). The molecule has 0 aliphatic heterocycles. The van der Waals surface area contributed by atoms with E-state index in [9.17, 15) is 4.21 Å². The SMILES string of the molecule is CC(C)Cn1ccnc1NC(C)CCS(C)=O. The van der Waals surface area contributed by atoms with Crippen molar-refractivity contribution in [3.8, 4) is 0 Å². The van der Waals surface area contributed by atoms with E-state index in [1.165, 1.54) is 0 Å². The van der Waals surface area contributed by atoms with Crippen molar-refractivity contribution in [2.75, 3.05) is 17.3 Å². The van der Waals surface area contributed by atoms with Gasteiger partial charge in [0.1, 0.15) is 0 Å². The van der Waals surface area contributed by atoms with Crippen LogP contribution in [0.2, 0.25) is 0 Å². The first-order valence-corrected chi connectivity index (χ1v) is 7.79. The Morgan fingerprint density at radius 1 is 1.47 bits per heavy atom. The van der Waals surface area contributed by atoms with Crippen LogP contribution in [0.1, 0.15) is 27.2 Å². The first kappa shape index (κ1) is 14.2. The maximum atomic E-state index is 11.0. The molecule has 2 atom stereocenters. The summed E-state index contributed by atoms with van der Waals surface area (Å²) >= 11 is 0. The number of nitrogens with one attached hydrogen (secondary N) is 1. The Bertz CT molecular complexity index is 362. The van der Waals surface area contributed by atoms with Gasteiger partial charge in [0, 0.05) is 47.8 Å². The Balaban J connectivity index is 2.50. The van der Waals surface area contributed by atoms with Gasteiger partial charge in [0.25, 0.3) is 0 Å². The lowest BCUT2D eigenvalue weighted by Gasteiger charge is -2.16. The van der Waals surface area contributed by atoms with Crippen molar-refractivity contribution in [2.45, 2.75) is 39.8 Å². The van der Waals surface area contributed by atoms with Crippen molar-refractivity contribution in [2.24, 2.45) is 5.92 Å². The fraction of sp³-hybridized carbons (Fsp3) is 0.750. The van der Waals surface area contributed by atoms with Gasteiger partial charge in [-0.15, -0.1) is 0 Å². The van der Waals surface area contributed by atoms with E-state index in [1.54, 1.807) is 6.26 Å². The number of hydrogen-bond donors (Lipinski definition) is 1. The van der Waals surface area contributed by atoms with E-state index < -0.39 is 10.8 Å². The van der Waals surface area contributed by atoms with E-state index >= 15 is 0 Å². The molecule has 98 valence electrons. The average molecular weight is 257 g/mol. The van der Waals surface area contributed by atoms with Crippen LogP contribution in [-0.2, 0) is 17.3 Å². The normalized spacial score (nSPS) is 14.9. The summed E-state index contributed by atoms with van der Waals surface area (Å²) < 4.78 is 13.2. The molecule has 1 heterocycles. The summed E-state index contributed by atoms with van der Waals surface area (Å²) in [6, 6.07) is 0.298. The zero-order chi connectivity index (χ0) is 12.8. The van der Waals surface area contributed by atoms with Crippen LogP contribution in [0.25, 0.3) is 0 Å². The van der Waals surface area contributed by atoms with E-state index in [0.717, 1.165) is 24.7 Å². The third kappa shape index (κ3) is 5.35. The van der Waals surface area contributed by atoms with Crippen LogP contribution < -0.4 is 5.32 Å². The van der Waals surface area contributed by atoms with Gasteiger partial charge in [-0.2, -0.15) is 0 Å². The number of hydrogen-bond acceptors (Lipinski definition) is 3. The molecule has 2 unspecified atom stereocenters. The van der Waals surface area contributed by atoms with Gasteiger partial charge in [0.15, 0.2) is 0 Å². The van der Waals surface area contributed by atoms with Gasteiger partial charge < -0.3 is 9.88 Å². The molecule has 0 radical (unpaired) electrons. The summed E-state index contributed by atoms with van der Waals surface area (Å²) in [5.74, 6) is 2.25. The number of rotatable bonds is 7. The molecule has 0 saturated heterocycles. The minimum Gasteiger partial charge on any atom is -0.353 e. The Hall–Kier alpha value is -0.840. The molecule has 0 aromatic carbocycles. The summed E-state index contributed by atoms with van der Waals surface area (Å²) in [7, 11) is -0.716. The monoisotopic (exact) mass is 257 g/mol. The van der Waals surface area contributed by atoms with E-state index in [-0.39, 0.29) is 0 Å². The molecule has 1 aromatic heterocycles. The zero-order valence-corrected chi connectivity index (χ0v) is 12.0. The van der Waals surface area contributed by atoms with Crippen molar-refractivity contribution in [3.05, 3.63) is 12.4 Å². The summed E-state index contributed by atoms with van der Waals surface area (Å²) in [6.45, 7) is 7.44. The molecule has 0 saturated carbocycles. The minimum absolute atomic E-state index is 0.298. The number of anilines is 1. The molecule has 5 heteroatoms. The molecule has 1 aromatic rings. The van der Waals surface area contributed by atoms with Gasteiger partial charge >= 0.3 is 0 Å². The van der Waals surface area contributed by atoms with Crippen LogP contribution in [0, 0.1) is 5.92 Å². The summed E-state index contributed by atoms with van der Waals surface area (Å²) in [5, 5.41) is 3.37. The van der Waals surface area contributed by atoms with Crippen LogP contribution >= 0.6 is 0 Å². The molecule has 1 rings (SSSR count). The maximum absolute atomic E-state index is 11.0. The third-order valence-corrected chi connectivity index (χ3v) is 3.30. The second-order valence-electron chi connectivity index (χ2n) is 4.91. The van der Waals surface area contributed by atoms with Gasteiger partial charge in [0.2, 0.25) is 5.95 Å². The molecular formula is C12H23N3OS. The number of aromatic nitrogens is 2. The molecule has 0 spiro atoms. The molecule has 0 amide bonds. The number of imidazole rings is 1. The molecule has 4 nitrogen and oxygen atoms in total. The van der Waals surface area contributed by atoms with Crippen molar-refractivity contribution in [1.29, 1.82) is 0 Å². The zero-order valence-electron chi connectivity index (χ0n) is 11.1. The lowest BCUT2D eigenvalue weighted by Crippen LogP contribution is -2.21. The lowest BCUT2D eigenvalue weighted by atomic mass is 10.2. The van der Waals surface area contributed by atoms with Gasteiger partial charge in [-0.1, -0.05) is 13.8 Å². The van der Waals surface area contributed by atoms with Crippen LogP contribution in [0.3, 0.4) is 0 Å². The molecular weight excluding hydrogens is 234 g/mol. The Morgan fingerprint density at radius 2 is 2.18 bits per heavy atom. The predicted octanol–water partition coefficient (Wildman–Crippen LogP) is 2.11. The largest absolute Gasteiger partial charge is 0.353 e. The summed E-state index contributed by atoms with van der Waals surface area (Å²) in [4.78, 5) is 4.31. The van der Waals surface area contributed by atoms with Gasteiger partial charge in [-0.25, -0.2) is 4.98 Å². The maximum Gasteiger partial charge on any atom is 0.202 e. The highest BCUT2D eigenvalue weighted by atomic mass is 32.2. The second kappa shape index (κ2) is 6.79. The van der Waals surface area contributed by atoms with Crippen molar-refractivity contribution in [3.63, 3.8) is 0 Å². The fourth-order valence-corrected chi connectivity index (χ4v) is 2.31. The van der Waals surface area contributed by atoms with Crippen molar-refractivity contribution < 1.29 is 4.21 Å². The third-order valence-electron chi connectivity index (χ3n) is 2.49. The summed E-state index contributed by atoms with van der Waals surface area (Å²) in [6.07, 6.45) is 6.45. The van der Waals surface area contributed by atoms with Gasteiger partial charge in [0.05, 0.1) is 0 Å². The Labute approximate surface area is 106 Å². The molecule has 0 aliphatic carbocycles. The van der Waals surface area contributed by atoms with Crippen LogP contribution in [0.4, 0.5) is 5.95 Å². The first-order valence-electron chi connectivity index (χ1n) is 6.06. The fourth-order valence-electron chi connectivity index (χ4n) is 1.63. The molecule has 0 aliphatic rings. The van der Waals surface area contributed by atoms with Crippen LogP contribution in [0.15, 0.2) is 12.4 Å². The van der Waals surface area contributed by atoms with Gasteiger partial charge in [-0.3, -0.25) is 4.21 Å². The highest BCUT2D eigenvalue weighted by Gasteiger charge is 2.08. The van der Waals surface area contributed by atoms with Crippen molar-refractivity contribution >= 4 is 16.7 Å². The minimum atomic E-state index is -0.716. The van der Waals surface area contributed by atoms with E-state index in [0.29, 0.717) is 12.0 Å². The highest BCUT2D eigenvalue weighted by molar-refractivity contribution is 7.84. The average Bonchev–Trinajstić information content (AvgIpc) is 2.62. The van der Waals surface area contributed by atoms with Gasteiger partial charge in [-0.05, 0) is 19.3 Å². The van der Waals surface area contributed by atoms with Crippen LogP contribution in [0.5, 0.6) is 0 Å². The molecule has 17 heavy (non-hydrogen) atoms. The quantitative estimate of drug-likeness (QED) is 0.814. The topological polar surface area (TPSA) is 46.9 Å². The second-order valence-corrected chi connectivity index (χ2v) is 6.46. The van der Waals surface area contributed by atoms with E-state index in [2.05, 4.69) is 35.6 Å². The van der Waals surface area contributed by atoms with Crippen molar-refractivity contribution in [1.82, 2.24) is 9.55 Å². The lowest BCUT2D eigenvalue weighted by molar-refractivity contribution is 0.524. The predicted molar refractivity (Wildman–Crippen MR) is 73.7 cm³/mol. The molecule has 1 N–H and O–H groups in total. The van der Waals surface area contributed by atoms with E-state index in [1.807, 2.05) is 12.4 Å². The summed E-state index contributed by atoms with van der Waals surface area (Å²) in [5.41, 5.74) is 0. The highest BCUT2D eigenvalue weighted by Crippen LogP contribution is 2.10. The van der Waals surface area contributed by atoms with Crippen LogP contribution in [-0.4, -0.2) is 31.8 Å². The number of nitrogens with zero attached hydrogens (tertiary/aromatic N) is 2. The first-order chi connectivity index (χ1) is 7.99.